The van der Waals surface area contributed by atoms with Gasteiger partial charge in [0.05, 0.1) is 18.8 Å². The molecule has 0 aliphatic rings. The van der Waals surface area contributed by atoms with Crippen LogP contribution in [0.25, 0.3) is 0 Å². The Labute approximate surface area is 144 Å². The van der Waals surface area contributed by atoms with E-state index in [2.05, 4.69) is 21.2 Å². The molecule has 1 amide bonds. The first-order valence-electron chi connectivity index (χ1n) is 7.27. The van der Waals surface area contributed by atoms with Crippen LogP contribution in [-0.4, -0.2) is 26.7 Å². The van der Waals surface area contributed by atoms with Gasteiger partial charge in [-0.1, -0.05) is 24.3 Å². The van der Waals surface area contributed by atoms with Gasteiger partial charge in [-0.15, -0.1) is 0 Å². The fourth-order valence-electron chi connectivity index (χ4n) is 2.35. The fraction of sp³-hybridized carbons (Fsp3) is 0.278. The molecular weight excluding hydrogens is 358 g/mol. The number of hydrogen-bond acceptors (Lipinski definition) is 3. The highest BCUT2D eigenvalue weighted by Gasteiger charge is 2.16. The maximum Gasteiger partial charge on any atom is 0.252 e. The van der Waals surface area contributed by atoms with Crippen molar-refractivity contribution in [2.24, 2.45) is 0 Å². The van der Waals surface area contributed by atoms with E-state index in [0.717, 1.165) is 15.6 Å². The van der Waals surface area contributed by atoms with E-state index in [9.17, 15) is 4.79 Å². The van der Waals surface area contributed by atoms with Gasteiger partial charge in [0.15, 0.2) is 0 Å². The number of amides is 1. The Morgan fingerprint density at radius 1 is 1.22 bits per heavy atom. The molecule has 0 saturated carbocycles. The maximum absolute atomic E-state index is 12.4. The molecule has 0 heterocycles. The molecule has 0 radical (unpaired) electrons. The first-order valence-corrected chi connectivity index (χ1v) is 8.06. The standard InChI is InChI=1S/C18H20BrNO3/c1-12-6-4-5-7-14(12)17(23-3)11-20-18(21)15-10-13(22-2)8-9-16(15)19/h4-10,17H,11H2,1-3H3,(H,20,21)/t17-/m0/s1. The van der Waals surface area contributed by atoms with E-state index in [-0.39, 0.29) is 12.0 Å². The summed E-state index contributed by atoms with van der Waals surface area (Å²) in [5.41, 5.74) is 2.74. The number of nitrogens with one attached hydrogen (secondary N) is 1. The van der Waals surface area contributed by atoms with Crippen LogP contribution in [-0.2, 0) is 4.74 Å². The van der Waals surface area contributed by atoms with Gasteiger partial charge in [0.1, 0.15) is 5.75 Å². The predicted octanol–water partition coefficient (Wildman–Crippen LogP) is 3.88. The van der Waals surface area contributed by atoms with Crippen molar-refractivity contribution in [3.05, 3.63) is 63.6 Å². The van der Waals surface area contributed by atoms with Gasteiger partial charge in [-0.2, -0.15) is 0 Å². The van der Waals surface area contributed by atoms with Gasteiger partial charge in [0, 0.05) is 18.1 Å². The van der Waals surface area contributed by atoms with Crippen LogP contribution in [0.5, 0.6) is 5.75 Å². The normalized spacial score (nSPS) is 11.8. The number of methoxy groups -OCH3 is 2. The molecule has 2 aromatic carbocycles. The first kappa shape index (κ1) is 17.5. The van der Waals surface area contributed by atoms with Gasteiger partial charge < -0.3 is 14.8 Å². The molecule has 0 aromatic heterocycles. The number of carbonyl (C=O) groups is 1. The van der Waals surface area contributed by atoms with Crippen molar-refractivity contribution in [1.29, 1.82) is 0 Å². The van der Waals surface area contributed by atoms with E-state index in [0.29, 0.717) is 17.9 Å². The van der Waals surface area contributed by atoms with E-state index in [4.69, 9.17) is 9.47 Å². The lowest BCUT2D eigenvalue weighted by molar-refractivity contribution is 0.0825. The summed E-state index contributed by atoms with van der Waals surface area (Å²) < 4.78 is 11.4. The van der Waals surface area contributed by atoms with E-state index in [1.54, 1.807) is 32.4 Å². The number of carbonyl (C=O) groups excluding carboxylic acids is 1. The summed E-state index contributed by atoms with van der Waals surface area (Å²) >= 11 is 3.39. The molecule has 23 heavy (non-hydrogen) atoms. The lowest BCUT2D eigenvalue weighted by atomic mass is 10.0. The highest BCUT2D eigenvalue weighted by atomic mass is 79.9. The minimum absolute atomic E-state index is 0.175. The second-order valence-electron chi connectivity index (χ2n) is 5.14. The van der Waals surface area contributed by atoms with Crippen molar-refractivity contribution in [2.45, 2.75) is 13.0 Å². The van der Waals surface area contributed by atoms with E-state index in [1.165, 1.54) is 0 Å². The van der Waals surface area contributed by atoms with E-state index >= 15 is 0 Å². The number of ether oxygens (including phenoxy) is 2. The quantitative estimate of drug-likeness (QED) is 0.830. The zero-order valence-corrected chi connectivity index (χ0v) is 15.0. The molecule has 0 aliphatic carbocycles. The molecule has 122 valence electrons. The van der Waals surface area contributed by atoms with Crippen molar-refractivity contribution in [2.75, 3.05) is 20.8 Å². The van der Waals surface area contributed by atoms with E-state index < -0.39 is 0 Å². The monoisotopic (exact) mass is 377 g/mol. The lowest BCUT2D eigenvalue weighted by Gasteiger charge is -2.19. The molecule has 1 atom stereocenters. The SMILES string of the molecule is COc1ccc(Br)c(C(=O)NC[C@H](OC)c2ccccc2C)c1. The number of benzene rings is 2. The molecule has 1 N–H and O–H groups in total. The zero-order valence-electron chi connectivity index (χ0n) is 13.4. The second-order valence-corrected chi connectivity index (χ2v) is 5.99. The molecule has 0 saturated heterocycles. The average Bonchev–Trinajstić information content (AvgIpc) is 2.57. The lowest BCUT2D eigenvalue weighted by Crippen LogP contribution is -2.29. The molecule has 0 bridgehead atoms. The number of rotatable bonds is 6. The summed E-state index contributed by atoms with van der Waals surface area (Å²) in [5, 5.41) is 2.92. The Hall–Kier alpha value is -1.85. The van der Waals surface area contributed by atoms with Crippen molar-refractivity contribution in [1.82, 2.24) is 5.32 Å². The molecule has 2 aromatic rings. The molecule has 2 rings (SSSR count). The van der Waals surface area contributed by atoms with Gasteiger partial charge in [-0.3, -0.25) is 4.79 Å². The van der Waals surface area contributed by atoms with Crippen molar-refractivity contribution in [3.8, 4) is 5.75 Å². The van der Waals surface area contributed by atoms with Crippen molar-refractivity contribution < 1.29 is 14.3 Å². The summed E-state index contributed by atoms with van der Waals surface area (Å²) in [4.78, 5) is 12.4. The van der Waals surface area contributed by atoms with Crippen LogP contribution in [0.1, 0.15) is 27.6 Å². The van der Waals surface area contributed by atoms with Gasteiger partial charge in [-0.25, -0.2) is 0 Å². The summed E-state index contributed by atoms with van der Waals surface area (Å²) in [6.07, 6.45) is -0.190. The van der Waals surface area contributed by atoms with Gasteiger partial charge in [-0.05, 0) is 52.2 Å². The largest absolute Gasteiger partial charge is 0.497 e. The molecule has 5 heteroatoms. The maximum atomic E-state index is 12.4. The third-order valence-corrected chi connectivity index (χ3v) is 4.38. The average molecular weight is 378 g/mol. The van der Waals surface area contributed by atoms with Crippen LogP contribution in [0, 0.1) is 6.92 Å². The van der Waals surface area contributed by atoms with Crippen molar-refractivity contribution >= 4 is 21.8 Å². The zero-order chi connectivity index (χ0) is 16.8. The van der Waals surface area contributed by atoms with Crippen LogP contribution >= 0.6 is 15.9 Å². The van der Waals surface area contributed by atoms with Gasteiger partial charge in [0.25, 0.3) is 5.91 Å². The smallest absolute Gasteiger partial charge is 0.252 e. The Bertz CT molecular complexity index is 688. The summed E-state index contributed by atoms with van der Waals surface area (Å²) in [6.45, 7) is 2.42. The molecular formula is C18H20BrNO3. The van der Waals surface area contributed by atoms with Crippen LogP contribution in [0.2, 0.25) is 0 Å². The molecule has 4 nitrogen and oxygen atoms in total. The van der Waals surface area contributed by atoms with Crippen molar-refractivity contribution in [3.63, 3.8) is 0 Å². The van der Waals surface area contributed by atoms with E-state index in [1.807, 2.05) is 31.2 Å². The van der Waals surface area contributed by atoms with Crippen LogP contribution in [0.4, 0.5) is 0 Å². The third-order valence-electron chi connectivity index (χ3n) is 3.69. The number of halogens is 1. The number of aryl methyl sites for hydroxylation is 1. The molecule has 0 aliphatic heterocycles. The Kier molecular flexibility index (Phi) is 6.19. The Morgan fingerprint density at radius 2 is 1.96 bits per heavy atom. The number of hydrogen-bond donors (Lipinski definition) is 1. The highest BCUT2D eigenvalue weighted by Crippen LogP contribution is 2.23. The summed E-state index contributed by atoms with van der Waals surface area (Å²) in [5.74, 6) is 0.465. The topological polar surface area (TPSA) is 47.6 Å². The molecule has 0 fully saturated rings. The predicted molar refractivity (Wildman–Crippen MR) is 94.0 cm³/mol. The minimum atomic E-state index is -0.190. The summed E-state index contributed by atoms with van der Waals surface area (Å²) in [7, 11) is 3.22. The Morgan fingerprint density at radius 3 is 2.61 bits per heavy atom. The molecule has 0 spiro atoms. The van der Waals surface area contributed by atoms with Crippen LogP contribution < -0.4 is 10.1 Å². The van der Waals surface area contributed by atoms with Crippen LogP contribution in [0.15, 0.2) is 46.9 Å². The third kappa shape index (κ3) is 4.33. The highest BCUT2D eigenvalue weighted by molar-refractivity contribution is 9.10. The minimum Gasteiger partial charge on any atom is -0.497 e. The second kappa shape index (κ2) is 8.13. The fourth-order valence-corrected chi connectivity index (χ4v) is 2.78. The molecule has 0 unspecified atom stereocenters. The summed E-state index contributed by atoms with van der Waals surface area (Å²) in [6, 6.07) is 13.3. The first-order chi connectivity index (χ1) is 11.1. The van der Waals surface area contributed by atoms with Gasteiger partial charge >= 0.3 is 0 Å². The Balaban J connectivity index is 2.10. The van der Waals surface area contributed by atoms with Crippen LogP contribution in [0.3, 0.4) is 0 Å². The van der Waals surface area contributed by atoms with Gasteiger partial charge in [0.2, 0.25) is 0 Å².